The van der Waals surface area contributed by atoms with Gasteiger partial charge < -0.3 is 9.52 Å². The molecule has 0 bridgehead atoms. The Morgan fingerprint density at radius 1 is 1.00 bits per heavy atom. The molecule has 4 aromatic rings. The van der Waals surface area contributed by atoms with Gasteiger partial charge in [-0.15, -0.1) is 0 Å². The van der Waals surface area contributed by atoms with E-state index in [-0.39, 0.29) is 17.1 Å². The van der Waals surface area contributed by atoms with E-state index in [2.05, 4.69) is 10.5 Å². The average molecular weight is 374 g/mol. The van der Waals surface area contributed by atoms with Gasteiger partial charge in [-0.3, -0.25) is 4.79 Å². The molecule has 6 heteroatoms. The molecule has 4 rings (SSSR count). The largest absolute Gasteiger partial charge is 0.507 e. The highest BCUT2D eigenvalue weighted by molar-refractivity contribution is 6.01. The smallest absolute Gasteiger partial charge is 0.275 e. The highest BCUT2D eigenvalue weighted by atomic mass is 19.1. The molecule has 3 aromatic carbocycles. The van der Waals surface area contributed by atoms with E-state index >= 15 is 0 Å². The number of carbonyl (C=O) groups excluding carboxylic acids is 1. The van der Waals surface area contributed by atoms with E-state index in [0.29, 0.717) is 11.5 Å². The summed E-state index contributed by atoms with van der Waals surface area (Å²) in [5.41, 5.74) is 3.23. The second-order valence-electron chi connectivity index (χ2n) is 6.12. The number of hydrogen-bond donors (Lipinski definition) is 2. The Labute approximate surface area is 159 Å². The van der Waals surface area contributed by atoms with Gasteiger partial charge in [0.15, 0.2) is 0 Å². The number of phenols is 1. The minimum Gasteiger partial charge on any atom is -0.507 e. The number of halogens is 1. The van der Waals surface area contributed by atoms with Crippen LogP contribution in [0.1, 0.15) is 16.1 Å². The lowest BCUT2D eigenvalue weighted by atomic mass is 10.1. The summed E-state index contributed by atoms with van der Waals surface area (Å²) in [4.78, 5) is 12.3. The fourth-order valence-electron chi connectivity index (χ4n) is 2.82. The molecule has 0 radical (unpaired) electrons. The predicted octanol–water partition coefficient (Wildman–Crippen LogP) is 4.71. The monoisotopic (exact) mass is 374 g/mol. The molecule has 28 heavy (non-hydrogen) atoms. The van der Waals surface area contributed by atoms with Crippen molar-refractivity contribution in [3.05, 3.63) is 89.9 Å². The number of hydrazone groups is 1. The number of phenolic OH excluding ortho intramolecular Hbond substituents is 1. The second-order valence-corrected chi connectivity index (χ2v) is 6.12. The van der Waals surface area contributed by atoms with Crippen LogP contribution in [-0.2, 0) is 0 Å². The summed E-state index contributed by atoms with van der Waals surface area (Å²) in [5, 5.41) is 15.6. The molecule has 0 spiro atoms. The number of fused-ring (bicyclic) bond motifs is 1. The number of furan rings is 1. The van der Waals surface area contributed by atoms with Gasteiger partial charge in [0.05, 0.1) is 11.8 Å². The van der Waals surface area contributed by atoms with Gasteiger partial charge in [-0.2, -0.15) is 5.10 Å². The third-order valence-electron chi connectivity index (χ3n) is 4.22. The number of rotatable bonds is 4. The van der Waals surface area contributed by atoms with Crippen LogP contribution in [-0.4, -0.2) is 17.2 Å². The molecule has 0 unspecified atom stereocenters. The van der Waals surface area contributed by atoms with Crippen LogP contribution >= 0.6 is 0 Å². The lowest BCUT2D eigenvalue weighted by Crippen LogP contribution is -2.17. The normalized spacial score (nSPS) is 11.2. The molecule has 2 N–H and O–H groups in total. The standard InChI is InChI=1S/C22H15FN2O3/c23-17-7-5-14(6-8-17)21-10-9-18(28-21)13-24-25-22(27)19-11-15-3-1-2-4-16(15)12-20(19)26/h1-13,26H,(H,25,27). The van der Waals surface area contributed by atoms with Crippen molar-refractivity contribution in [3.8, 4) is 17.1 Å². The summed E-state index contributed by atoms with van der Waals surface area (Å²) in [5.74, 6) is -0.00753. The Morgan fingerprint density at radius 3 is 2.46 bits per heavy atom. The Balaban J connectivity index is 1.47. The maximum atomic E-state index is 13.0. The number of carbonyl (C=O) groups is 1. The second kappa shape index (κ2) is 7.36. The summed E-state index contributed by atoms with van der Waals surface area (Å²) in [6.45, 7) is 0. The van der Waals surface area contributed by atoms with E-state index in [1.165, 1.54) is 24.4 Å². The predicted molar refractivity (Wildman–Crippen MR) is 105 cm³/mol. The van der Waals surface area contributed by atoms with Crippen LogP contribution in [0.2, 0.25) is 0 Å². The van der Waals surface area contributed by atoms with Gasteiger partial charge in [-0.1, -0.05) is 24.3 Å². The van der Waals surface area contributed by atoms with Crippen LogP contribution in [0, 0.1) is 5.82 Å². The Kier molecular flexibility index (Phi) is 4.60. The van der Waals surface area contributed by atoms with Gasteiger partial charge >= 0.3 is 0 Å². The van der Waals surface area contributed by atoms with Crippen molar-refractivity contribution < 1.29 is 18.7 Å². The van der Waals surface area contributed by atoms with E-state index in [0.717, 1.165) is 16.3 Å². The first-order chi connectivity index (χ1) is 13.6. The first kappa shape index (κ1) is 17.5. The first-order valence-corrected chi connectivity index (χ1v) is 8.51. The number of nitrogens with one attached hydrogen (secondary N) is 1. The molecule has 1 amide bonds. The lowest BCUT2D eigenvalue weighted by Gasteiger charge is -2.05. The average Bonchev–Trinajstić information content (AvgIpc) is 3.17. The van der Waals surface area contributed by atoms with E-state index in [4.69, 9.17) is 4.42 Å². The van der Waals surface area contributed by atoms with Gasteiger partial charge in [0, 0.05) is 5.56 Å². The minimum absolute atomic E-state index is 0.122. The first-order valence-electron chi connectivity index (χ1n) is 8.51. The van der Waals surface area contributed by atoms with Crippen molar-refractivity contribution >= 4 is 22.9 Å². The molecule has 0 aliphatic heterocycles. The summed E-state index contributed by atoms with van der Waals surface area (Å²) in [6.07, 6.45) is 1.35. The number of nitrogens with zero attached hydrogens (tertiary/aromatic N) is 1. The van der Waals surface area contributed by atoms with E-state index in [1.807, 2.05) is 24.3 Å². The van der Waals surface area contributed by atoms with Crippen LogP contribution in [0.5, 0.6) is 5.75 Å². The van der Waals surface area contributed by atoms with Crippen LogP contribution < -0.4 is 5.43 Å². The molecular formula is C22H15FN2O3. The van der Waals surface area contributed by atoms with Gasteiger partial charge in [0.25, 0.3) is 5.91 Å². The Morgan fingerprint density at radius 2 is 1.71 bits per heavy atom. The molecule has 0 fully saturated rings. The highest BCUT2D eigenvalue weighted by Gasteiger charge is 2.12. The highest BCUT2D eigenvalue weighted by Crippen LogP contribution is 2.25. The molecule has 0 saturated heterocycles. The number of hydrogen-bond acceptors (Lipinski definition) is 4. The third kappa shape index (κ3) is 3.61. The van der Waals surface area contributed by atoms with Gasteiger partial charge in [0.1, 0.15) is 23.1 Å². The van der Waals surface area contributed by atoms with Crippen molar-refractivity contribution in [3.63, 3.8) is 0 Å². The van der Waals surface area contributed by atoms with Gasteiger partial charge in [0.2, 0.25) is 0 Å². The number of benzene rings is 3. The Hall–Kier alpha value is -3.93. The summed E-state index contributed by atoms with van der Waals surface area (Å²) < 4.78 is 18.6. The zero-order valence-electron chi connectivity index (χ0n) is 14.6. The van der Waals surface area contributed by atoms with E-state index < -0.39 is 5.91 Å². The number of aromatic hydroxyl groups is 1. The quantitative estimate of drug-likeness (QED) is 0.401. The molecule has 0 atom stereocenters. The lowest BCUT2D eigenvalue weighted by molar-refractivity contribution is 0.0952. The maximum absolute atomic E-state index is 13.0. The topological polar surface area (TPSA) is 74.8 Å². The Bertz CT molecular complexity index is 1180. The fraction of sp³-hybridized carbons (Fsp3) is 0. The molecule has 0 aliphatic rings. The van der Waals surface area contributed by atoms with Crippen LogP contribution in [0.15, 0.2) is 82.3 Å². The molecule has 1 heterocycles. The molecule has 0 saturated carbocycles. The zero-order valence-corrected chi connectivity index (χ0v) is 14.6. The minimum atomic E-state index is -0.537. The SMILES string of the molecule is O=C(NN=Cc1ccc(-c2ccc(F)cc2)o1)c1cc2ccccc2cc1O. The summed E-state index contributed by atoms with van der Waals surface area (Å²) in [7, 11) is 0. The van der Waals surface area contributed by atoms with Crippen LogP contribution in [0.4, 0.5) is 4.39 Å². The van der Waals surface area contributed by atoms with E-state index in [9.17, 15) is 14.3 Å². The third-order valence-corrected chi connectivity index (χ3v) is 4.22. The number of amides is 1. The summed E-state index contributed by atoms with van der Waals surface area (Å²) in [6, 6.07) is 19.9. The molecule has 5 nitrogen and oxygen atoms in total. The van der Waals surface area contributed by atoms with Crippen molar-refractivity contribution in [1.82, 2.24) is 5.43 Å². The fourth-order valence-corrected chi connectivity index (χ4v) is 2.82. The van der Waals surface area contributed by atoms with E-state index in [1.54, 1.807) is 30.3 Å². The maximum Gasteiger partial charge on any atom is 0.275 e. The van der Waals surface area contributed by atoms with Crippen LogP contribution in [0.3, 0.4) is 0 Å². The van der Waals surface area contributed by atoms with Crippen molar-refractivity contribution in [1.29, 1.82) is 0 Å². The van der Waals surface area contributed by atoms with Gasteiger partial charge in [-0.25, -0.2) is 9.82 Å². The van der Waals surface area contributed by atoms with Gasteiger partial charge in [-0.05, 0) is 59.3 Å². The molecule has 1 aromatic heterocycles. The van der Waals surface area contributed by atoms with Crippen molar-refractivity contribution in [2.45, 2.75) is 0 Å². The molecule has 0 aliphatic carbocycles. The van der Waals surface area contributed by atoms with Crippen LogP contribution in [0.25, 0.3) is 22.1 Å². The van der Waals surface area contributed by atoms with Crippen molar-refractivity contribution in [2.24, 2.45) is 5.10 Å². The molecule has 138 valence electrons. The zero-order chi connectivity index (χ0) is 19.5. The summed E-state index contributed by atoms with van der Waals surface area (Å²) >= 11 is 0. The van der Waals surface area contributed by atoms with Crippen molar-refractivity contribution in [2.75, 3.05) is 0 Å². The molecular weight excluding hydrogens is 359 g/mol.